The zero-order valence-electron chi connectivity index (χ0n) is 12.4. The van der Waals surface area contributed by atoms with E-state index in [9.17, 15) is 0 Å². The van der Waals surface area contributed by atoms with E-state index >= 15 is 0 Å². The molecule has 0 bridgehead atoms. The Bertz CT molecular complexity index is 554. The summed E-state index contributed by atoms with van der Waals surface area (Å²) in [5.41, 5.74) is 8.22. The predicted octanol–water partition coefficient (Wildman–Crippen LogP) is 4.76. The highest BCUT2D eigenvalue weighted by Gasteiger charge is 2.05. The number of rotatable bonds is 7. The van der Waals surface area contributed by atoms with Gasteiger partial charge in [0, 0.05) is 6.04 Å². The van der Waals surface area contributed by atoms with Crippen molar-refractivity contribution in [2.75, 3.05) is 6.61 Å². The molecular formula is C18H22ClNO. The molecule has 112 valence electrons. The Morgan fingerprint density at radius 3 is 2.52 bits per heavy atom. The lowest BCUT2D eigenvalue weighted by Gasteiger charge is -2.11. The molecule has 0 aliphatic carbocycles. The monoisotopic (exact) mass is 303 g/mol. The standard InChI is InChI=1S/C18H22ClNO/c1-14(20)16-10-11-18(17(19)13-16)21-12-6-5-9-15-7-3-2-4-8-15/h2-4,7-8,10-11,13-14H,5-6,9,12,20H2,1H3. The van der Waals surface area contributed by atoms with Gasteiger partial charge in [0.1, 0.15) is 5.75 Å². The highest BCUT2D eigenvalue weighted by atomic mass is 35.5. The molecule has 0 amide bonds. The summed E-state index contributed by atoms with van der Waals surface area (Å²) in [6, 6.07) is 16.2. The first-order valence-electron chi connectivity index (χ1n) is 7.38. The summed E-state index contributed by atoms with van der Waals surface area (Å²) in [5, 5.41) is 0.632. The van der Waals surface area contributed by atoms with Crippen LogP contribution in [0.3, 0.4) is 0 Å². The van der Waals surface area contributed by atoms with Gasteiger partial charge in [-0.2, -0.15) is 0 Å². The van der Waals surface area contributed by atoms with E-state index in [1.807, 2.05) is 31.2 Å². The van der Waals surface area contributed by atoms with Crippen LogP contribution < -0.4 is 10.5 Å². The summed E-state index contributed by atoms with van der Waals surface area (Å²) in [6.45, 7) is 2.62. The molecule has 1 atom stereocenters. The van der Waals surface area contributed by atoms with Gasteiger partial charge >= 0.3 is 0 Å². The minimum Gasteiger partial charge on any atom is -0.492 e. The Kier molecular flexibility index (Phi) is 6.09. The minimum atomic E-state index is -0.0116. The lowest BCUT2D eigenvalue weighted by molar-refractivity contribution is 0.307. The van der Waals surface area contributed by atoms with Gasteiger partial charge in [-0.1, -0.05) is 48.0 Å². The van der Waals surface area contributed by atoms with Crippen molar-refractivity contribution in [1.82, 2.24) is 0 Å². The average molecular weight is 304 g/mol. The minimum absolute atomic E-state index is 0.0116. The predicted molar refractivity (Wildman–Crippen MR) is 88.9 cm³/mol. The molecule has 0 spiro atoms. The molecular weight excluding hydrogens is 282 g/mol. The SMILES string of the molecule is CC(N)c1ccc(OCCCCc2ccccc2)c(Cl)c1. The van der Waals surface area contributed by atoms with Gasteiger partial charge in [0.15, 0.2) is 0 Å². The Balaban J connectivity index is 1.74. The average Bonchev–Trinajstić information content (AvgIpc) is 2.49. The number of aryl methyl sites for hydroxylation is 1. The topological polar surface area (TPSA) is 35.2 Å². The second kappa shape index (κ2) is 8.06. The highest BCUT2D eigenvalue weighted by molar-refractivity contribution is 6.32. The summed E-state index contributed by atoms with van der Waals surface area (Å²) >= 11 is 6.20. The number of benzene rings is 2. The van der Waals surface area contributed by atoms with E-state index in [0.717, 1.165) is 30.6 Å². The quantitative estimate of drug-likeness (QED) is 0.748. The summed E-state index contributed by atoms with van der Waals surface area (Å²) in [5.74, 6) is 0.737. The molecule has 2 aromatic carbocycles. The van der Waals surface area contributed by atoms with Crippen LogP contribution in [0, 0.1) is 0 Å². The van der Waals surface area contributed by atoms with E-state index in [1.54, 1.807) is 0 Å². The van der Waals surface area contributed by atoms with Gasteiger partial charge in [-0.15, -0.1) is 0 Å². The van der Waals surface area contributed by atoms with E-state index < -0.39 is 0 Å². The first-order chi connectivity index (χ1) is 10.2. The number of halogens is 1. The van der Waals surface area contributed by atoms with Crippen molar-refractivity contribution in [3.8, 4) is 5.75 Å². The van der Waals surface area contributed by atoms with Crippen LogP contribution in [0.1, 0.15) is 36.9 Å². The van der Waals surface area contributed by atoms with E-state index in [4.69, 9.17) is 22.1 Å². The van der Waals surface area contributed by atoms with Gasteiger partial charge < -0.3 is 10.5 Å². The van der Waals surface area contributed by atoms with Crippen molar-refractivity contribution in [1.29, 1.82) is 0 Å². The first-order valence-corrected chi connectivity index (χ1v) is 7.76. The van der Waals surface area contributed by atoms with Crippen molar-refractivity contribution in [3.05, 3.63) is 64.7 Å². The molecule has 2 nitrogen and oxygen atoms in total. The summed E-state index contributed by atoms with van der Waals surface area (Å²) in [7, 11) is 0. The highest BCUT2D eigenvalue weighted by Crippen LogP contribution is 2.27. The molecule has 1 unspecified atom stereocenters. The van der Waals surface area contributed by atoms with Gasteiger partial charge in [-0.05, 0) is 49.4 Å². The lowest BCUT2D eigenvalue weighted by Crippen LogP contribution is -2.05. The maximum absolute atomic E-state index is 6.20. The van der Waals surface area contributed by atoms with Crippen LogP contribution in [0.15, 0.2) is 48.5 Å². The van der Waals surface area contributed by atoms with Crippen LogP contribution in [0.4, 0.5) is 0 Å². The summed E-state index contributed by atoms with van der Waals surface area (Å²) in [4.78, 5) is 0. The van der Waals surface area contributed by atoms with E-state index in [1.165, 1.54) is 5.56 Å². The van der Waals surface area contributed by atoms with Crippen molar-refractivity contribution < 1.29 is 4.74 Å². The van der Waals surface area contributed by atoms with Crippen LogP contribution in [0.2, 0.25) is 5.02 Å². The molecule has 0 heterocycles. The molecule has 0 fully saturated rings. The van der Waals surface area contributed by atoms with Crippen molar-refractivity contribution >= 4 is 11.6 Å². The van der Waals surface area contributed by atoms with E-state index in [-0.39, 0.29) is 6.04 Å². The van der Waals surface area contributed by atoms with Crippen molar-refractivity contribution in [2.24, 2.45) is 5.73 Å². The van der Waals surface area contributed by atoms with Crippen LogP contribution in [0.25, 0.3) is 0 Å². The fourth-order valence-corrected chi connectivity index (χ4v) is 2.42. The maximum atomic E-state index is 6.20. The van der Waals surface area contributed by atoms with Crippen molar-refractivity contribution in [3.63, 3.8) is 0 Å². The number of nitrogens with two attached hydrogens (primary N) is 1. The molecule has 0 radical (unpaired) electrons. The second-order valence-corrected chi connectivity index (χ2v) is 5.68. The lowest BCUT2D eigenvalue weighted by atomic mass is 10.1. The van der Waals surface area contributed by atoms with Gasteiger partial charge in [-0.3, -0.25) is 0 Å². The molecule has 0 saturated carbocycles. The second-order valence-electron chi connectivity index (χ2n) is 5.27. The van der Waals surface area contributed by atoms with E-state index in [0.29, 0.717) is 11.6 Å². The Morgan fingerprint density at radius 1 is 1.10 bits per heavy atom. The Morgan fingerprint density at radius 2 is 1.86 bits per heavy atom. The third-order valence-electron chi connectivity index (χ3n) is 3.44. The van der Waals surface area contributed by atoms with Gasteiger partial charge in [-0.25, -0.2) is 0 Å². The van der Waals surface area contributed by atoms with Gasteiger partial charge in [0.05, 0.1) is 11.6 Å². The normalized spacial score (nSPS) is 12.1. The summed E-state index contributed by atoms with van der Waals surface area (Å²) in [6.07, 6.45) is 3.21. The smallest absolute Gasteiger partial charge is 0.137 e. The summed E-state index contributed by atoms with van der Waals surface area (Å²) < 4.78 is 5.74. The molecule has 2 rings (SSSR count). The zero-order chi connectivity index (χ0) is 15.1. The van der Waals surface area contributed by atoms with Crippen LogP contribution >= 0.6 is 11.6 Å². The molecule has 21 heavy (non-hydrogen) atoms. The molecule has 0 aliphatic heterocycles. The molecule has 0 saturated heterocycles. The van der Waals surface area contributed by atoms with Gasteiger partial charge in [0.2, 0.25) is 0 Å². The van der Waals surface area contributed by atoms with Crippen LogP contribution in [-0.4, -0.2) is 6.61 Å². The maximum Gasteiger partial charge on any atom is 0.137 e. The Hall–Kier alpha value is -1.51. The Labute approximate surface area is 131 Å². The van der Waals surface area contributed by atoms with Crippen molar-refractivity contribution in [2.45, 2.75) is 32.2 Å². The van der Waals surface area contributed by atoms with Crippen LogP contribution in [-0.2, 0) is 6.42 Å². The molecule has 0 aliphatic rings. The van der Waals surface area contributed by atoms with E-state index in [2.05, 4.69) is 24.3 Å². The third-order valence-corrected chi connectivity index (χ3v) is 3.74. The largest absolute Gasteiger partial charge is 0.492 e. The number of ether oxygens (including phenoxy) is 1. The van der Waals surface area contributed by atoms with Gasteiger partial charge in [0.25, 0.3) is 0 Å². The number of hydrogen-bond donors (Lipinski definition) is 1. The first kappa shape index (κ1) is 15.9. The fourth-order valence-electron chi connectivity index (χ4n) is 2.18. The number of hydrogen-bond acceptors (Lipinski definition) is 2. The molecule has 0 aromatic heterocycles. The number of unbranched alkanes of at least 4 members (excludes halogenated alkanes) is 1. The third kappa shape index (κ3) is 5.07. The fraction of sp³-hybridized carbons (Fsp3) is 0.333. The van der Waals surface area contributed by atoms with Crippen LogP contribution in [0.5, 0.6) is 5.75 Å². The zero-order valence-corrected chi connectivity index (χ0v) is 13.1. The molecule has 3 heteroatoms. The molecule has 2 aromatic rings. The molecule has 2 N–H and O–H groups in total.